The van der Waals surface area contributed by atoms with Crippen molar-refractivity contribution in [2.75, 3.05) is 5.32 Å². The molecule has 1 aromatic heterocycles. The Morgan fingerprint density at radius 3 is 2.72 bits per heavy atom. The fraction of sp³-hybridized carbons (Fsp3) is 0.267. The summed E-state index contributed by atoms with van der Waals surface area (Å²) in [5, 5.41) is 13.3. The van der Waals surface area contributed by atoms with Crippen molar-refractivity contribution in [3.05, 3.63) is 53.3 Å². The second kappa shape index (κ2) is 5.08. The summed E-state index contributed by atoms with van der Waals surface area (Å²) >= 11 is 0. The van der Waals surface area contributed by atoms with Crippen LogP contribution in [0.25, 0.3) is 0 Å². The zero-order valence-electron chi connectivity index (χ0n) is 10.9. The van der Waals surface area contributed by atoms with Crippen molar-refractivity contribution in [1.82, 2.24) is 4.98 Å². The maximum atomic E-state index is 9.90. The predicted octanol–water partition coefficient (Wildman–Crippen LogP) is 3.58. The van der Waals surface area contributed by atoms with Gasteiger partial charge in [0.25, 0.3) is 0 Å². The molecule has 1 aromatic carbocycles. The normalized spacial score (nSPS) is 12.2. The summed E-state index contributed by atoms with van der Waals surface area (Å²) in [5.74, 6) is 0.321. The van der Waals surface area contributed by atoms with Crippen molar-refractivity contribution in [2.45, 2.75) is 26.8 Å². The van der Waals surface area contributed by atoms with Gasteiger partial charge in [-0.25, -0.2) is 0 Å². The minimum Gasteiger partial charge on any atom is -0.508 e. The van der Waals surface area contributed by atoms with Crippen LogP contribution in [0.5, 0.6) is 5.75 Å². The van der Waals surface area contributed by atoms with E-state index in [4.69, 9.17) is 0 Å². The molecule has 2 N–H and O–H groups in total. The van der Waals surface area contributed by atoms with Crippen molar-refractivity contribution in [3.63, 3.8) is 0 Å². The second-order valence-corrected chi connectivity index (χ2v) is 4.62. The fourth-order valence-electron chi connectivity index (χ4n) is 1.95. The summed E-state index contributed by atoms with van der Waals surface area (Å²) in [6, 6.07) is 7.64. The molecule has 0 aliphatic heterocycles. The summed E-state index contributed by atoms with van der Waals surface area (Å²) in [7, 11) is 0. The fourth-order valence-corrected chi connectivity index (χ4v) is 1.95. The Morgan fingerprint density at radius 2 is 2.00 bits per heavy atom. The monoisotopic (exact) mass is 242 g/mol. The van der Waals surface area contributed by atoms with Gasteiger partial charge in [-0.1, -0.05) is 17.7 Å². The number of aromatic nitrogens is 1. The van der Waals surface area contributed by atoms with Crippen LogP contribution in [0.1, 0.15) is 29.7 Å². The molecule has 0 aliphatic carbocycles. The molecule has 0 spiro atoms. The van der Waals surface area contributed by atoms with Gasteiger partial charge in [0, 0.05) is 11.8 Å². The van der Waals surface area contributed by atoms with Crippen LogP contribution >= 0.6 is 0 Å². The van der Waals surface area contributed by atoms with Crippen LogP contribution in [-0.4, -0.2) is 10.1 Å². The summed E-state index contributed by atoms with van der Waals surface area (Å²) in [4.78, 5) is 4.11. The van der Waals surface area contributed by atoms with E-state index in [0.717, 1.165) is 22.4 Å². The molecule has 0 aliphatic rings. The number of phenolic OH excluding ortho intramolecular Hbond substituents is 1. The van der Waals surface area contributed by atoms with Gasteiger partial charge in [-0.05, 0) is 38.5 Å². The maximum absolute atomic E-state index is 9.90. The highest BCUT2D eigenvalue weighted by atomic mass is 16.3. The first kappa shape index (κ1) is 12.4. The molecule has 1 atom stereocenters. The van der Waals surface area contributed by atoms with Gasteiger partial charge in [0.2, 0.25) is 0 Å². The van der Waals surface area contributed by atoms with Gasteiger partial charge >= 0.3 is 0 Å². The van der Waals surface area contributed by atoms with Crippen molar-refractivity contribution in [3.8, 4) is 5.75 Å². The zero-order chi connectivity index (χ0) is 13.1. The molecule has 0 bridgehead atoms. The molecule has 3 nitrogen and oxygen atoms in total. The van der Waals surface area contributed by atoms with Crippen LogP contribution in [-0.2, 0) is 0 Å². The van der Waals surface area contributed by atoms with E-state index < -0.39 is 0 Å². The minimum atomic E-state index is 0.0350. The van der Waals surface area contributed by atoms with Crippen molar-refractivity contribution in [1.29, 1.82) is 0 Å². The van der Waals surface area contributed by atoms with Crippen LogP contribution in [0.4, 0.5) is 5.69 Å². The lowest BCUT2D eigenvalue weighted by Crippen LogP contribution is -2.08. The zero-order valence-corrected chi connectivity index (χ0v) is 10.9. The first-order chi connectivity index (χ1) is 8.58. The Hall–Kier alpha value is -2.03. The standard InChI is InChI=1S/C15H18N2O/c1-10-4-5-15(18)13(8-10)12(3)17-14-9-16-7-6-11(14)2/h4-9,12,17-18H,1-3H3. The number of pyridine rings is 1. The lowest BCUT2D eigenvalue weighted by atomic mass is 10.0. The molecule has 18 heavy (non-hydrogen) atoms. The third-order valence-electron chi connectivity index (χ3n) is 3.06. The van der Waals surface area contributed by atoms with Crippen molar-refractivity contribution >= 4 is 5.69 Å². The van der Waals surface area contributed by atoms with E-state index in [0.29, 0.717) is 5.75 Å². The number of benzene rings is 1. The molecule has 0 amide bonds. The molecule has 1 unspecified atom stereocenters. The number of hydrogen-bond acceptors (Lipinski definition) is 3. The van der Waals surface area contributed by atoms with Gasteiger partial charge < -0.3 is 10.4 Å². The smallest absolute Gasteiger partial charge is 0.120 e. The van der Waals surface area contributed by atoms with Crippen LogP contribution in [0.3, 0.4) is 0 Å². The predicted molar refractivity (Wildman–Crippen MR) is 73.9 cm³/mol. The van der Waals surface area contributed by atoms with Gasteiger partial charge in [0.05, 0.1) is 17.9 Å². The van der Waals surface area contributed by atoms with E-state index in [1.54, 1.807) is 18.5 Å². The van der Waals surface area contributed by atoms with Crippen LogP contribution < -0.4 is 5.32 Å². The van der Waals surface area contributed by atoms with Crippen LogP contribution in [0, 0.1) is 13.8 Å². The topological polar surface area (TPSA) is 45.1 Å². The Bertz CT molecular complexity index is 552. The first-order valence-corrected chi connectivity index (χ1v) is 6.04. The van der Waals surface area contributed by atoms with E-state index in [1.165, 1.54) is 0 Å². The molecule has 0 saturated carbocycles. The SMILES string of the molecule is Cc1ccc(O)c(C(C)Nc2cnccc2C)c1. The van der Waals surface area contributed by atoms with Gasteiger partial charge in [0.1, 0.15) is 5.75 Å². The first-order valence-electron chi connectivity index (χ1n) is 6.04. The van der Waals surface area contributed by atoms with Crippen molar-refractivity contribution < 1.29 is 5.11 Å². The highest BCUT2D eigenvalue weighted by molar-refractivity contribution is 5.51. The molecule has 0 fully saturated rings. The number of hydrogen-bond donors (Lipinski definition) is 2. The van der Waals surface area contributed by atoms with E-state index >= 15 is 0 Å². The third kappa shape index (κ3) is 2.62. The summed E-state index contributed by atoms with van der Waals surface area (Å²) in [6.07, 6.45) is 3.58. The highest BCUT2D eigenvalue weighted by Gasteiger charge is 2.11. The minimum absolute atomic E-state index is 0.0350. The van der Waals surface area contributed by atoms with Gasteiger partial charge in [-0.2, -0.15) is 0 Å². The molecule has 3 heteroatoms. The molecule has 0 radical (unpaired) electrons. The summed E-state index contributed by atoms with van der Waals surface area (Å²) in [5.41, 5.74) is 4.17. The van der Waals surface area contributed by atoms with E-state index in [-0.39, 0.29) is 6.04 Å². The lowest BCUT2D eigenvalue weighted by Gasteiger charge is -2.18. The van der Waals surface area contributed by atoms with Gasteiger partial charge in [-0.3, -0.25) is 4.98 Å². The highest BCUT2D eigenvalue weighted by Crippen LogP contribution is 2.28. The quantitative estimate of drug-likeness (QED) is 0.864. The van der Waals surface area contributed by atoms with Crippen LogP contribution in [0.15, 0.2) is 36.7 Å². The Kier molecular flexibility index (Phi) is 3.51. The molecule has 2 aromatic rings. The third-order valence-corrected chi connectivity index (χ3v) is 3.06. The summed E-state index contributed by atoms with van der Waals surface area (Å²) in [6.45, 7) is 6.08. The number of aromatic hydroxyl groups is 1. The van der Waals surface area contributed by atoms with Crippen molar-refractivity contribution in [2.24, 2.45) is 0 Å². The molecular formula is C15H18N2O. The molecule has 0 saturated heterocycles. The molecule has 2 rings (SSSR count). The van der Waals surface area contributed by atoms with E-state index in [1.807, 2.05) is 39.0 Å². The molecule has 1 heterocycles. The number of nitrogens with zero attached hydrogens (tertiary/aromatic N) is 1. The summed E-state index contributed by atoms with van der Waals surface area (Å²) < 4.78 is 0. The number of rotatable bonds is 3. The number of phenols is 1. The molecule has 94 valence electrons. The van der Waals surface area contributed by atoms with Gasteiger partial charge in [0.15, 0.2) is 0 Å². The van der Waals surface area contributed by atoms with E-state index in [2.05, 4.69) is 10.3 Å². The van der Waals surface area contributed by atoms with Crippen LogP contribution in [0.2, 0.25) is 0 Å². The molecular weight excluding hydrogens is 224 g/mol. The average Bonchev–Trinajstić information content (AvgIpc) is 2.35. The Balaban J connectivity index is 2.25. The number of anilines is 1. The largest absolute Gasteiger partial charge is 0.508 e. The second-order valence-electron chi connectivity index (χ2n) is 4.62. The van der Waals surface area contributed by atoms with Gasteiger partial charge in [-0.15, -0.1) is 0 Å². The maximum Gasteiger partial charge on any atom is 0.120 e. The Morgan fingerprint density at radius 1 is 1.22 bits per heavy atom. The Labute approximate surface area is 108 Å². The van der Waals surface area contributed by atoms with E-state index in [9.17, 15) is 5.11 Å². The average molecular weight is 242 g/mol. The number of aryl methyl sites for hydroxylation is 2. The number of nitrogens with one attached hydrogen (secondary N) is 1. The lowest BCUT2D eigenvalue weighted by molar-refractivity contribution is 0.465.